The maximum absolute atomic E-state index is 16.9. The van der Waals surface area contributed by atoms with Crippen LogP contribution < -0.4 is 9.64 Å². The number of aromatic nitrogens is 2. The van der Waals surface area contributed by atoms with Gasteiger partial charge in [0, 0.05) is 48.9 Å². The maximum Gasteiger partial charge on any atom is 0.319 e. The maximum atomic E-state index is 16.9. The van der Waals surface area contributed by atoms with Gasteiger partial charge >= 0.3 is 6.01 Å². The normalized spacial score (nSPS) is 22.7. The second-order valence-corrected chi connectivity index (χ2v) is 13.0. The summed E-state index contributed by atoms with van der Waals surface area (Å²) in [4.78, 5) is 30.3. The van der Waals surface area contributed by atoms with E-state index in [1.165, 1.54) is 17.0 Å². The lowest BCUT2D eigenvalue weighted by molar-refractivity contribution is -0.131. The molecular weight excluding hydrogens is 648 g/mol. The van der Waals surface area contributed by atoms with E-state index in [1.807, 2.05) is 0 Å². The molecule has 0 N–H and O–H groups in total. The molecule has 3 atom stereocenters. The predicted octanol–water partition coefficient (Wildman–Crippen LogP) is 6.76. The first kappa shape index (κ1) is 32.1. The summed E-state index contributed by atoms with van der Waals surface area (Å²) in [5.74, 6) is -3.14. The van der Waals surface area contributed by atoms with Crippen LogP contribution in [-0.4, -0.2) is 89.3 Å². The van der Waals surface area contributed by atoms with Crippen molar-refractivity contribution in [3.05, 3.63) is 82.9 Å². The van der Waals surface area contributed by atoms with Crippen LogP contribution in [0.15, 0.2) is 54.9 Å². The Labute approximate surface area is 279 Å². The van der Waals surface area contributed by atoms with Crippen molar-refractivity contribution in [1.82, 2.24) is 19.8 Å². The van der Waals surface area contributed by atoms with Crippen LogP contribution in [0, 0.1) is 18.2 Å². The molecule has 3 aliphatic heterocycles. The number of fused-ring (bicyclic) bond motifs is 3. The molecule has 3 aliphatic rings. The number of benzene rings is 3. The average Bonchev–Trinajstić information content (AvgIpc) is 3.59. The summed E-state index contributed by atoms with van der Waals surface area (Å²) < 4.78 is 66.6. The van der Waals surface area contributed by atoms with Crippen molar-refractivity contribution >= 4 is 45.0 Å². The molecule has 1 amide bonds. The van der Waals surface area contributed by atoms with E-state index in [0.717, 1.165) is 19.4 Å². The molecule has 7 rings (SSSR count). The van der Waals surface area contributed by atoms with E-state index in [-0.39, 0.29) is 77.1 Å². The molecular formula is C35H31ClF4N6O2. The van der Waals surface area contributed by atoms with E-state index in [9.17, 15) is 13.6 Å². The van der Waals surface area contributed by atoms with Crippen LogP contribution in [0.2, 0.25) is 5.02 Å². The van der Waals surface area contributed by atoms with Crippen LogP contribution >= 0.6 is 11.6 Å². The smallest absolute Gasteiger partial charge is 0.319 e. The minimum atomic E-state index is -1.13. The third-order valence-electron chi connectivity index (χ3n) is 9.77. The van der Waals surface area contributed by atoms with Gasteiger partial charge in [0.2, 0.25) is 6.54 Å². The number of hydrogen-bond donors (Lipinski definition) is 0. The quantitative estimate of drug-likeness (QED) is 0.122. The fourth-order valence-electron chi connectivity index (χ4n) is 7.60. The zero-order chi connectivity index (χ0) is 33.7. The summed E-state index contributed by atoms with van der Waals surface area (Å²) in [6, 6.07) is 10.2. The first-order valence-electron chi connectivity index (χ1n) is 15.7. The first-order valence-corrected chi connectivity index (χ1v) is 16.1. The molecule has 4 aromatic rings. The molecule has 48 heavy (non-hydrogen) atoms. The molecule has 13 heteroatoms. The minimum Gasteiger partial charge on any atom is -0.461 e. The van der Waals surface area contributed by atoms with Gasteiger partial charge in [0.1, 0.15) is 36.0 Å². The molecule has 4 heterocycles. The first-order chi connectivity index (χ1) is 23.1. The van der Waals surface area contributed by atoms with Crippen molar-refractivity contribution in [3.8, 4) is 17.1 Å². The van der Waals surface area contributed by atoms with Crippen LogP contribution in [0.5, 0.6) is 6.01 Å². The lowest BCUT2D eigenvalue weighted by atomic mass is 9.95. The van der Waals surface area contributed by atoms with Crippen molar-refractivity contribution in [2.45, 2.75) is 37.0 Å². The highest BCUT2D eigenvalue weighted by molar-refractivity contribution is 6.35. The summed E-state index contributed by atoms with van der Waals surface area (Å²) in [6.07, 6.45) is 0.962. The summed E-state index contributed by atoms with van der Waals surface area (Å²) in [6.45, 7) is 11.9. The number of nitrogens with zero attached hydrogens (tertiary/aromatic N) is 6. The highest BCUT2D eigenvalue weighted by atomic mass is 35.5. The summed E-state index contributed by atoms with van der Waals surface area (Å²) >= 11 is 6.79. The Hall–Kier alpha value is -4.47. The largest absolute Gasteiger partial charge is 0.461 e. The Balaban J connectivity index is 1.35. The highest BCUT2D eigenvalue weighted by Gasteiger charge is 2.49. The molecule has 0 unspecified atom stereocenters. The van der Waals surface area contributed by atoms with Gasteiger partial charge in [-0.25, -0.2) is 24.1 Å². The zero-order valence-corrected chi connectivity index (χ0v) is 26.6. The average molecular weight is 679 g/mol. The topological polar surface area (TPSA) is 66.2 Å². The molecule has 248 valence electrons. The van der Waals surface area contributed by atoms with Gasteiger partial charge in [0.15, 0.2) is 11.6 Å². The van der Waals surface area contributed by atoms with Gasteiger partial charge in [-0.05, 0) is 42.5 Å². The highest BCUT2D eigenvalue weighted by Crippen LogP contribution is 2.43. The van der Waals surface area contributed by atoms with E-state index in [4.69, 9.17) is 22.9 Å². The Morgan fingerprint density at radius 1 is 1.15 bits per heavy atom. The van der Waals surface area contributed by atoms with E-state index >= 15 is 8.78 Å². The van der Waals surface area contributed by atoms with Gasteiger partial charge in [-0.2, -0.15) is 9.97 Å². The van der Waals surface area contributed by atoms with Crippen LogP contribution in [0.3, 0.4) is 0 Å². The number of amides is 1. The van der Waals surface area contributed by atoms with Crippen molar-refractivity contribution in [2.24, 2.45) is 0 Å². The zero-order valence-electron chi connectivity index (χ0n) is 25.9. The monoisotopic (exact) mass is 678 g/mol. The fourth-order valence-corrected chi connectivity index (χ4v) is 7.89. The summed E-state index contributed by atoms with van der Waals surface area (Å²) in [5.41, 5.74) is -0.455. The number of anilines is 1. The third kappa shape index (κ3) is 5.48. The number of carbonyl (C=O) groups excluding carboxylic acids is 1. The second kappa shape index (κ2) is 12.5. The molecule has 1 aromatic heterocycles. The molecule has 8 nitrogen and oxygen atoms in total. The third-order valence-corrected chi connectivity index (χ3v) is 10.1. The fraction of sp³-hybridized carbons (Fsp3) is 0.371. The lowest BCUT2D eigenvalue weighted by Crippen LogP contribution is -2.56. The van der Waals surface area contributed by atoms with Gasteiger partial charge in [-0.1, -0.05) is 48.5 Å². The molecule has 0 aliphatic carbocycles. The number of alkyl halides is 1. The van der Waals surface area contributed by atoms with Crippen molar-refractivity contribution < 1.29 is 27.1 Å². The number of rotatable bonds is 7. The SMILES string of the molecule is [C-]#[N+]C[C@H]1CN(c2nc(OC[C@@]34CCCN3C[C@H](F)C4)nc3c(F)c(-c4cccc5cccc(F)c45)c(Cl)cc23)CCN1C(=O)C(=C)F. The van der Waals surface area contributed by atoms with E-state index in [2.05, 4.69) is 26.3 Å². The standard InChI is InChI=1S/C35H31ClF4N6O2/c1-20(37)33(47)46-13-12-44(18-23(46)16-41-2)32-25-14-26(36)29(24-8-3-6-21-7-4-9-27(39)28(21)24)30(40)31(25)42-34(43-32)48-19-35-10-5-11-45(35)17-22(38)15-35/h3-4,6-9,14,22-23H,1,5,10-13,15-19H2/t22-,23+,35+/m1/s1. The molecule has 3 fully saturated rings. The van der Waals surface area contributed by atoms with Gasteiger partial charge in [0.05, 0.1) is 10.6 Å². The molecule has 0 saturated carbocycles. The van der Waals surface area contributed by atoms with E-state index in [0.29, 0.717) is 18.4 Å². The summed E-state index contributed by atoms with van der Waals surface area (Å²) in [7, 11) is 0. The van der Waals surface area contributed by atoms with E-state index in [1.54, 1.807) is 35.2 Å². The van der Waals surface area contributed by atoms with Crippen molar-refractivity contribution in [2.75, 3.05) is 50.8 Å². The Bertz CT molecular complexity index is 2000. The Morgan fingerprint density at radius 3 is 2.71 bits per heavy atom. The Morgan fingerprint density at radius 2 is 1.94 bits per heavy atom. The van der Waals surface area contributed by atoms with Crippen LogP contribution in [-0.2, 0) is 4.79 Å². The molecule has 0 radical (unpaired) electrons. The van der Waals surface area contributed by atoms with Gasteiger partial charge in [-0.3, -0.25) is 9.69 Å². The second-order valence-electron chi connectivity index (χ2n) is 12.6. The van der Waals surface area contributed by atoms with Crippen molar-refractivity contribution in [3.63, 3.8) is 0 Å². The number of halogens is 5. The summed E-state index contributed by atoms with van der Waals surface area (Å²) in [5, 5.41) is 0.990. The van der Waals surface area contributed by atoms with E-state index < -0.39 is 41.1 Å². The molecule has 0 bridgehead atoms. The minimum absolute atomic E-state index is 0.00467. The van der Waals surface area contributed by atoms with Crippen LogP contribution in [0.25, 0.3) is 37.6 Å². The number of ether oxygens (including phenoxy) is 1. The molecule has 0 spiro atoms. The number of hydrogen-bond acceptors (Lipinski definition) is 6. The number of carbonyl (C=O) groups is 1. The van der Waals surface area contributed by atoms with Gasteiger partial charge in [-0.15, -0.1) is 0 Å². The molecule has 3 aromatic carbocycles. The predicted molar refractivity (Wildman–Crippen MR) is 175 cm³/mol. The molecule has 3 saturated heterocycles. The van der Waals surface area contributed by atoms with Crippen LogP contribution in [0.4, 0.5) is 23.4 Å². The lowest BCUT2D eigenvalue weighted by Gasteiger charge is -2.39. The van der Waals surface area contributed by atoms with Crippen molar-refractivity contribution in [1.29, 1.82) is 0 Å². The number of piperazine rings is 1. The van der Waals surface area contributed by atoms with Crippen LogP contribution in [0.1, 0.15) is 19.3 Å². The Kier molecular flexibility index (Phi) is 8.37. The van der Waals surface area contributed by atoms with Gasteiger partial charge in [0.25, 0.3) is 5.91 Å². The van der Waals surface area contributed by atoms with Gasteiger partial charge < -0.3 is 19.4 Å².